The molecule has 0 fully saturated rings. The maximum absolute atomic E-state index is 13.9. The zero-order valence-corrected chi connectivity index (χ0v) is 30.3. The molecule has 4 N–H and O–H groups in total. The molecule has 0 aliphatic heterocycles. The van der Waals surface area contributed by atoms with Crippen LogP contribution in [0, 0.1) is 5.92 Å². The smallest absolute Gasteiger partial charge is 0.253 e. The number of nitrogens with zero attached hydrogens (tertiary/aromatic N) is 3. The van der Waals surface area contributed by atoms with Crippen molar-refractivity contribution >= 4 is 27.7 Å². The summed E-state index contributed by atoms with van der Waals surface area (Å²) < 4.78 is 25.6. The number of sulfonamides is 1. The summed E-state index contributed by atoms with van der Waals surface area (Å²) in [5.41, 5.74) is 1.16. The van der Waals surface area contributed by atoms with E-state index < -0.39 is 28.1 Å². The van der Waals surface area contributed by atoms with Crippen LogP contribution in [-0.2, 0) is 16.4 Å². The Morgan fingerprint density at radius 2 is 1.40 bits per heavy atom. The van der Waals surface area contributed by atoms with Crippen molar-refractivity contribution in [3.8, 4) is 5.75 Å². The quantitative estimate of drug-likeness (QED) is 0.153. The van der Waals surface area contributed by atoms with E-state index in [0.29, 0.717) is 31.6 Å². The number of phenols is 1. The molecule has 0 saturated heterocycles. The van der Waals surface area contributed by atoms with Crippen LogP contribution in [0.4, 0.5) is 0 Å². The second-order valence-electron chi connectivity index (χ2n) is 12.9. The van der Waals surface area contributed by atoms with Gasteiger partial charge in [-0.1, -0.05) is 53.2 Å². The number of hydrazine groups is 1. The number of carbonyl (C=O) groups excluding carboxylic acids is 3. The first-order valence-corrected chi connectivity index (χ1v) is 18.4. The molecule has 2 aromatic rings. The number of benzene rings is 2. The number of aromatic hydroxyl groups is 1. The van der Waals surface area contributed by atoms with Gasteiger partial charge in [0.1, 0.15) is 5.75 Å². The molecule has 0 aromatic heterocycles. The van der Waals surface area contributed by atoms with Gasteiger partial charge in [0.2, 0.25) is 10.0 Å². The van der Waals surface area contributed by atoms with Gasteiger partial charge < -0.3 is 25.3 Å². The molecular weight excluding hydrogens is 634 g/mol. The molecule has 12 nitrogen and oxygen atoms in total. The highest BCUT2D eigenvalue weighted by atomic mass is 32.2. The Balaban J connectivity index is 2.51. The van der Waals surface area contributed by atoms with E-state index in [-0.39, 0.29) is 58.9 Å². The second kappa shape index (κ2) is 19.5. The Labute approximate surface area is 286 Å². The lowest BCUT2D eigenvalue weighted by atomic mass is 9.99. The predicted octanol–water partition coefficient (Wildman–Crippen LogP) is 3.65. The van der Waals surface area contributed by atoms with E-state index in [1.807, 2.05) is 20.8 Å². The molecule has 2 unspecified atom stereocenters. The molecule has 13 heteroatoms. The Kier molecular flexibility index (Phi) is 16.5. The predicted molar refractivity (Wildman–Crippen MR) is 188 cm³/mol. The average Bonchev–Trinajstić information content (AvgIpc) is 3.02. The van der Waals surface area contributed by atoms with E-state index in [1.54, 1.807) is 45.0 Å². The topological polar surface area (TPSA) is 160 Å². The highest BCUT2D eigenvalue weighted by molar-refractivity contribution is 7.89. The van der Waals surface area contributed by atoms with Crippen molar-refractivity contribution in [1.82, 2.24) is 25.0 Å². The van der Waals surface area contributed by atoms with Crippen LogP contribution in [-0.4, -0.2) is 109 Å². The summed E-state index contributed by atoms with van der Waals surface area (Å²) in [4.78, 5) is 46.2. The van der Waals surface area contributed by atoms with Gasteiger partial charge in [-0.2, -0.15) is 0 Å². The van der Waals surface area contributed by atoms with Gasteiger partial charge in [0.25, 0.3) is 17.7 Å². The number of unbranched alkanes of at least 4 members (excludes halogenated alkanes) is 1. The van der Waals surface area contributed by atoms with Crippen molar-refractivity contribution in [1.29, 1.82) is 0 Å². The van der Waals surface area contributed by atoms with Crippen LogP contribution in [0.5, 0.6) is 5.75 Å². The monoisotopic (exact) mass is 689 g/mol. The second-order valence-corrected chi connectivity index (χ2v) is 14.6. The fourth-order valence-corrected chi connectivity index (χ4v) is 6.78. The van der Waals surface area contributed by atoms with Crippen LogP contribution in [0.1, 0.15) is 96.9 Å². The molecule has 268 valence electrons. The van der Waals surface area contributed by atoms with Gasteiger partial charge in [-0.05, 0) is 67.5 Å². The first-order valence-electron chi connectivity index (χ1n) is 16.8. The molecule has 0 bridgehead atoms. The van der Waals surface area contributed by atoms with Crippen LogP contribution in [0.15, 0.2) is 42.5 Å². The number of amides is 3. The van der Waals surface area contributed by atoms with Crippen LogP contribution in [0.2, 0.25) is 0 Å². The Morgan fingerprint density at radius 1 is 0.833 bits per heavy atom. The third-order valence-electron chi connectivity index (χ3n) is 7.55. The van der Waals surface area contributed by atoms with E-state index >= 15 is 0 Å². The summed E-state index contributed by atoms with van der Waals surface area (Å²) in [7, 11) is -0.514. The first kappa shape index (κ1) is 40.7. The third-order valence-corrected chi connectivity index (χ3v) is 9.19. The highest BCUT2D eigenvalue weighted by Crippen LogP contribution is 2.18. The number of phenolic OH excluding ortho intramolecular Hbond substituents is 1. The number of hydrogen-bond donors (Lipinski definition) is 4. The summed E-state index contributed by atoms with van der Waals surface area (Å²) in [5, 5.41) is 25.7. The van der Waals surface area contributed by atoms with Crippen molar-refractivity contribution in [3.05, 3.63) is 64.7 Å². The van der Waals surface area contributed by atoms with Crippen molar-refractivity contribution in [2.45, 2.75) is 78.9 Å². The van der Waals surface area contributed by atoms with Gasteiger partial charge in [0, 0.05) is 57.0 Å². The molecular formula is C35H55N5O7S. The van der Waals surface area contributed by atoms with Gasteiger partial charge in [0.15, 0.2) is 0 Å². The third kappa shape index (κ3) is 13.2. The van der Waals surface area contributed by atoms with E-state index in [2.05, 4.69) is 10.1 Å². The normalized spacial score (nSPS) is 13.0. The summed E-state index contributed by atoms with van der Waals surface area (Å²) >= 11 is 0. The molecule has 48 heavy (non-hydrogen) atoms. The highest BCUT2D eigenvalue weighted by Gasteiger charge is 2.28. The Hall–Kier alpha value is -3.52. The average molecular weight is 690 g/mol. The molecule has 0 radical (unpaired) electrons. The first-order chi connectivity index (χ1) is 22.6. The van der Waals surface area contributed by atoms with Gasteiger partial charge >= 0.3 is 0 Å². The van der Waals surface area contributed by atoms with E-state index in [9.17, 15) is 33.0 Å². The maximum atomic E-state index is 13.9. The molecule has 3 amide bonds. The van der Waals surface area contributed by atoms with Crippen LogP contribution < -0.4 is 10.1 Å². The summed E-state index contributed by atoms with van der Waals surface area (Å²) in [6, 6.07) is 9.81. The molecule has 2 atom stereocenters. The Morgan fingerprint density at radius 3 is 1.92 bits per heavy atom. The molecule has 0 saturated carbocycles. The summed E-state index contributed by atoms with van der Waals surface area (Å²) in [6.45, 7) is 10.8. The van der Waals surface area contributed by atoms with Gasteiger partial charge in [-0.3, -0.25) is 14.4 Å². The van der Waals surface area contributed by atoms with Crippen LogP contribution in [0.25, 0.3) is 0 Å². The summed E-state index contributed by atoms with van der Waals surface area (Å²) in [6.07, 6.45) is 1.87. The summed E-state index contributed by atoms with van der Waals surface area (Å²) in [5.74, 6) is -1.41. The number of hydrogen-bond acceptors (Lipinski definition) is 8. The Bertz CT molecular complexity index is 1440. The minimum absolute atomic E-state index is 0.0601. The van der Waals surface area contributed by atoms with Gasteiger partial charge in [-0.15, -0.1) is 4.83 Å². The van der Waals surface area contributed by atoms with E-state index in [1.165, 1.54) is 40.2 Å². The number of rotatable bonds is 20. The van der Waals surface area contributed by atoms with Gasteiger partial charge in [-0.25, -0.2) is 13.4 Å². The van der Waals surface area contributed by atoms with Crippen molar-refractivity contribution < 1.29 is 33.0 Å². The van der Waals surface area contributed by atoms with Crippen LogP contribution >= 0.6 is 0 Å². The molecule has 0 spiro atoms. The number of aliphatic hydroxyl groups excluding tert-OH is 1. The SMILES string of the molecule is CCCCN(CC(O)C(Cc1ccc(O)cc1)NC(=O)c1cc(C(=O)N(C)C)cc(C(=O)N(CCC)CCC)c1)NS(=O)(=O)CC(C)C. The van der Waals surface area contributed by atoms with Crippen LogP contribution in [0.3, 0.4) is 0 Å². The van der Waals surface area contributed by atoms with Crippen molar-refractivity contribution in [2.75, 3.05) is 46.0 Å². The molecule has 0 aliphatic carbocycles. The molecule has 0 heterocycles. The minimum Gasteiger partial charge on any atom is -0.508 e. The lowest BCUT2D eigenvalue weighted by molar-refractivity contribution is 0.0614. The molecule has 0 aliphatic rings. The zero-order chi connectivity index (χ0) is 36.0. The lowest BCUT2D eigenvalue weighted by Gasteiger charge is -2.30. The standard InChI is InChI=1S/C35H55N5O7S/c1-8-11-18-40(37-48(46,47)24-25(4)5)23-32(42)31(19-26-12-14-30(41)15-13-26)36-33(43)27-20-28(34(44)38(6)7)22-29(21-27)35(45)39(16-9-2)17-10-3/h12-15,20-22,25,31-32,37,41-42H,8-11,16-19,23-24H2,1-7H3,(H,36,43). The largest absolute Gasteiger partial charge is 0.508 e. The maximum Gasteiger partial charge on any atom is 0.253 e. The van der Waals surface area contributed by atoms with Crippen molar-refractivity contribution in [3.63, 3.8) is 0 Å². The van der Waals surface area contributed by atoms with Gasteiger partial charge in [0.05, 0.1) is 17.9 Å². The zero-order valence-electron chi connectivity index (χ0n) is 29.5. The lowest BCUT2D eigenvalue weighted by Crippen LogP contribution is -2.54. The number of aliphatic hydroxyl groups is 1. The fourth-order valence-electron chi connectivity index (χ4n) is 5.27. The molecule has 2 rings (SSSR count). The van der Waals surface area contributed by atoms with E-state index in [0.717, 1.165) is 19.3 Å². The number of nitrogens with one attached hydrogen (secondary N) is 2. The fraction of sp³-hybridized carbons (Fsp3) is 0.571. The number of carbonyl (C=O) groups is 3. The molecule has 2 aromatic carbocycles. The van der Waals surface area contributed by atoms with E-state index in [4.69, 9.17) is 0 Å². The minimum atomic E-state index is -3.68. The van der Waals surface area contributed by atoms with Crippen molar-refractivity contribution in [2.24, 2.45) is 5.92 Å².